The normalized spacial score (nSPS) is 15.2. The average molecular weight is 326 g/mol. The lowest BCUT2D eigenvalue weighted by Crippen LogP contribution is -2.44. The summed E-state index contributed by atoms with van der Waals surface area (Å²) in [6, 6.07) is 9.67. The predicted octanol–water partition coefficient (Wildman–Crippen LogP) is 2.82. The molecule has 0 aliphatic rings. The molecule has 0 amide bonds. The maximum atomic E-state index is 12.2. The molecule has 2 unspecified atom stereocenters. The van der Waals surface area contributed by atoms with Gasteiger partial charge in [-0.25, -0.2) is 0 Å². The minimum atomic E-state index is -1.45. The molecule has 0 radical (unpaired) electrons. The molecule has 6 heteroatoms. The third-order valence-corrected chi connectivity index (χ3v) is 4.35. The largest absolute Gasteiger partial charge is 0.466 e. The third-order valence-electron chi connectivity index (χ3n) is 3.46. The Labute approximate surface area is 132 Å². The van der Waals surface area contributed by atoms with Gasteiger partial charge in [0.1, 0.15) is 0 Å². The van der Waals surface area contributed by atoms with E-state index in [1.807, 2.05) is 30.3 Å². The number of benzene rings is 1. The van der Waals surface area contributed by atoms with E-state index in [4.69, 9.17) is 9.47 Å². The van der Waals surface area contributed by atoms with Crippen LogP contribution >= 0.6 is 8.46 Å². The molecular weight excluding hydrogens is 303 g/mol. The van der Waals surface area contributed by atoms with Crippen LogP contribution in [0, 0.1) is 5.92 Å². The number of aryl methyl sites for hydroxylation is 1. The lowest BCUT2D eigenvalue weighted by atomic mass is 9.93. The molecule has 1 aromatic carbocycles. The Morgan fingerprint density at radius 3 is 2.45 bits per heavy atom. The molecule has 0 aromatic heterocycles. The second-order valence-corrected chi connectivity index (χ2v) is 5.80. The molecule has 0 fully saturated rings. The van der Waals surface area contributed by atoms with E-state index in [2.05, 4.69) is 0 Å². The molecule has 0 aliphatic carbocycles. The van der Waals surface area contributed by atoms with Crippen LogP contribution in [0.5, 0.6) is 0 Å². The van der Waals surface area contributed by atoms with Crippen molar-refractivity contribution in [1.29, 1.82) is 0 Å². The van der Waals surface area contributed by atoms with E-state index in [0.717, 1.165) is 5.56 Å². The van der Waals surface area contributed by atoms with Crippen molar-refractivity contribution in [3.05, 3.63) is 35.9 Å². The molecule has 0 aliphatic heterocycles. The zero-order valence-corrected chi connectivity index (χ0v) is 13.9. The Morgan fingerprint density at radius 1 is 1.27 bits per heavy atom. The Morgan fingerprint density at radius 2 is 1.95 bits per heavy atom. The highest BCUT2D eigenvalue weighted by molar-refractivity contribution is 7.25. The first-order valence-electron chi connectivity index (χ1n) is 7.43. The van der Waals surface area contributed by atoms with Gasteiger partial charge in [0, 0.05) is 6.61 Å². The summed E-state index contributed by atoms with van der Waals surface area (Å²) in [4.78, 5) is 12.2. The number of carbonyl (C=O) groups excluding carboxylic acids is 1. The zero-order valence-electron chi connectivity index (χ0n) is 13.0. The molecule has 2 atom stereocenters. The number of ether oxygens (including phenoxy) is 2. The van der Waals surface area contributed by atoms with Crippen LogP contribution in [0.15, 0.2) is 30.3 Å². The van der Waals surface area contributed by atoms with E-state index in [-0.39, 0.29) is 13.2 Å². The van der Waals surface area contributed by atoms with Crippen molar-refractivity contribution in [2.45, 2.75) is 32.0 Å². The molecule has 1 aromatic rings. The first-order chi connectivity index (χ1) is 10.6. The van der Waals surface area contributed by atoms with Gasteiger partial charge in [0.2, 0.25) is 0 Å². The molecule has 1 rings (SSSR count). The van der Waals surface area contributed by atoms with E-state index >= 15 is 0 Å². The quantitative estimate of drug-likeness (QED) is 0.529. The summed E-state index contributed by atoms with van der Waals surface area (Å²) < 4.78 is 22.2. The Bertz CT molecular complexity index is 465. The Kier molecular flexibility index (Phi) is 8.25. The van der Waals surface area contributed by atoms with E-state index in [1.165, 1.54) is 0 Å². The van der Waals surface area contributed by atoms with Gasteiger partial charge in [-0.3, -0.25) is 9.36 Å². The molecule has 0 saturated heterocycles. The van der Waals surface area contributed by atoms with Crippen molar-refractivity contribution in [2.75, 3.05) is 19.8 Å². The monoisotopic (exact) mass is 326 g/mol. The molecule has 122 valence electrons. The average Bonchev–Trinajstić information content (AvgIpc) is 2.55. The fourth-order valence-electron chi connectivity index (χ4n) is 2.35. The molecule has 0 spiro atoms. The fraction of sp³-hybridized carbons (Fsp3) is 0.562. The van der Waals surface area contributed by atoms with Crippen LogP contribution in [0.2, 0.25) is 0 Å². The second-order valence-electron chi connectivity index (χ2n) is 4.86. The number of carbonyl (C=O) groups is 1. The van der Waals surface area contributed by atoms with Crippen LogP contribution in [-0.2, 0) is 25.3 Å². The van der Waals surface area contributed by atoms with Gasteiger partial charge in [-0.2, -0.15) is 0 Å². The van der Waals surface area contributed by atoms with Crippen LogP contribution in [0.3, 0.4) is 0 Å². The van der Waals surface area contributed by atoms with Gasteiger partial charge in [0.15, 0.2) is 13.8 Å². The maximum Gasteiger partial charge on any atom is 0.312 e. The van der Waals surface area contributed by atoms with Gasteiger partial charge in [-0.05, 0) is 32.3 Å². The van der Waals surface area contributed by atoms with Crippen LogP contribution in [0.25, 0.3) is 0 Å². The van der Waals surface area contributed by atoms with Crippen molar-refractivity contribution >= 4 is 14.4 Å². The highest BCUT2D eigenvalue weighted by Gasteiger charge is 2.45. The maximum absolute atomic E-state index is 12.2. The Hall–Kier alpha value is -1.29. The van der Waals surface area contributed by atoms with Crippen molar-refractivity contribution < 1.29 is 23.9 Å². The lowest BCUT2D eigenvalue weighted by molar-refractivity contribution is -0.159. The Balaban J connectivity index is 2.95. The number of aliphatic hydroxyl groups is 1. The van der Waals surface area contributed by atoms with Crippen molar-refractivity contribution in [2.24, 2.45) is 5.92 Å². The lowest BCUT2D eigenvalue weighted by Gasteiger charge is -2.31. The van der Waals surface area contributed by atoms with E-state index in [1.54, 1.807) is 13.8 Å². The topological polar surface area (TPSA) is 72.8 Å². The summed E-state index contributed by atoms with van der Waals surface area (Å²) in [5.41, 5.74) is 1.06. The van der Waals surface area contributed by atoms with Crippen molar-refractivity contribution in [1.82, 2.24) is 0 Å². The van der Waals surface area contributed by atoms with Gasteiger partial charge < -0.3 is 14.6 Å². The van der Waals surface area contributed by atoms with Crippen LogP contribution in [-0.4, -0.2) is 36.2 Å². The third kappa shape index (κ3) is 4.87. The molecule has 0 saturated carbocycles. The zero-order chi connectivity index (χ0) is 16.4. The highest BCUT2D eigenvalue weighted by Crippen LogP contribution is 2.37. The van der Waals surface area contributed by atoms with Gasteiger partial charge in [0.25, 0.3) is 0 Å². The van der Waals surface area contributed by atoms with Gasteiger partial charge >= 0.3 is 5.97 Å². The van der Waals surface area contributed by atoms with E-state index < -0.39 is 32.3 Å². The number of hydrogen-bond donors (Lipinski definition) is 1. The summed E-state index contributed by atoms with van der Waals surface area (Å²) in [6.45, 7) is 3.41. The number of rotatable bonds is 10. The smallest absolute Gasteiger partial charge is 0.312 e. The van der Waals surface area contributed by atoms with Gasteiger partial charge in [0.05, 0.1) is 19.1 Å². The van der Waals surface area contributed by atoms with Crippen molar-refractivity contribution in [3.63, 3.8) is 0 Å². The van der Waals surface area contributed by atoms with Crippen molar-refractivity contribution in [3.8, 4) is 0 Å². The second kappa shape index (κ2) is 9.67. The van der Waals surface area contributed by atoms with Crippen LogP contribution < -0.4 is 0 Å². The molecule has 5 nitrogen and oxygen atoms in total. The molecule has 1 N–H and O–H groups in total. The minimum absolute atomic E-state index is 0.226. The number of hydrogen-bond acceptors (Lipinski definition) is 5. The summed E-state index contributed by atoms with van der Waals surface area (Å²) in [5, 5.41) is 8.20. The summed E-state index contributed by atoms with van der Waals surface area (Å²) in [5.74, 6) is -1.29. The molecule has 0 heterocycles. The van der Waals surface area contributed by atoms with Crippen LogP contribution in [0.4, 0.5) is 0 Å². The standard InChI is InChI=1S/C16H23O5P/c1-3-20-15(18)14(16(12-17,22-19)21-4-2)11-10-13-8-6-5-7-9-13/h5-9,14,17H,3-4,10-12H2,1-2H3. The molecule has 22 heavy (non-hydrogen) atoms. The van der Waals surface area contributed by atoms with Gasteiger partial charge in [-0.1, -0.05) is 30.3 Å². The minimum Gasteiger partial charge on any atom is -0.466 e. The first-order valence-corrected chi connectivity index (χ1v) is 8.24. The van der Waals surface area contributed by atoms with E-state index in [9.17, 15) is 14.5 Å². The summed E-state index contributed by atoms with van der Waals surface area (Å²) in [6.07, 6.45) is 0.993. The predicted molar refractivity (Wildman–Crippen MR) is 83.9 cm³/mol. The number of esters is 1. The molecular formula is C16H23O5P. The first kappa shape index (κ1) is 18.8. The number of aliphatic hydroxyl groups excluding tert-OH is 1. The highest BCUT2D eigenvalue weighted by atomic mass is 31.1. The van der Waals surface area contributed by atoms with Crippen LogP contribution in [0.1, 0.15) is 25.8 Å². The van der Waals surface area contributed by atoms with Gasteiger partial charge in [-0.15, -0.1) is 0 Å². The fourth-order valence-corrected chi connectivity index (χ4v) is 2.95. The summed E-state index contributed by atoms with van der Waals surface area (Å²) in [7, 11) is -0.418. The molecule has 0 bridgehead atoms. The summed E-state index contributed by atoms with van der Waals surface area (Å²) >= 11 is 0. The SMILES string of the molecule is CCOC(=O)C(CCc1ccccc1)C(CO)(OCC)P=O. The van der Waals surface area contributed by atoms with E-state index in [0.29, 0.717) is 12.8 Å².